The number of benzene rings is 2. The van der Waals surface area contributed by atoms with Gasteiger partial charge in [0.2, 0.25) is 0 Å². The Kier molecular flexibility index (Phi) is 34.1. The van der Waals surface area contributed by atoms with Gasteiger partial charge in [-0.15, -0.1) is 0 Å². The molecule has 12 heteroatoms. The maximum absolute atomic E-state index is 12.8. The summed E-state index contributed by atoms with van der Waals surface area (Å²) in [5.74, 6) is 1.09. The number of unbranched alkanes of at least 4 members (excludes halogenated alkanes) is 24. The van der Waals surface area contributed by atoms with Crippen molar-refractivity contribution in [1.29, 1.82) is 0 Å². The zero-order chi connectivity index (χ0) is 46.2. The van der Waals surface area contributed by atoms with Crippen LogP contribution >= 0.6 is 7.82 Å². The molecule has 0 bridgehead atoms. The third-order valence-corrected chi connectivity index (χ3v) is 12.2. The summed E-state index contributed by atoms with van der Waals surface area (Å²) in [5.41, 5.74) is 0. The zero-order valence-electron chi connectivity index (χ0n) is 40.4. The summed E-state index contributed by atoms with van der Waals surface area (Å²) in [7, 11) is 1.45. The number of rotatable bonds is 44. The second kappa shape index (κ2) is 38.2. The Morgan fingerprint density at radius 3 is 1.23 bits per heavy atom. The first-order chi connectivity index (χ1) is 31.0. The molecule has 0 saturated heterocycles. The average molecular weight is 919 g/mol. The van der Waals surface area contributed by atoms with Gasteiger partial charge < -0.3 is 28.3 Å². The quantitative estimate of drug-likeness (QED) is 0.0297. The molecular formula is C52H89NO10P+. The predicted molar refractivity (Wildman–Crippen MR) is 259 cm³/mol. The molecule has 2 unspecified atom stereocenters. The van der Waals surface area contributed by atoms with E-state index in [0.717, 1.165) is 82.5 Å². The first kappa shape index (κ1) is 57.2. The monoisotopic (exact) mass is 919 g/mol. The SMILES string of the molecule is C[N+](C)(C)CCOP(=O)(O)OCC(COC(=O)CCCCCCCCCCCCCCCOc1ccccc1)OC(=O)CCCCCCCCCCCCCCCOc1ccccc1. The fourth-order valence-corrected chi connectivity index (χ4v) is 8.05. The lowest BCUT2D eigenvalue weighted by atomic mass is 10.0. The van der Waals surface area contributed by atoms with Gasteiger partial charge in [-0.1, -0.05) is 178 Å². The van der Waals surface area contributed by atoms with E-state index in [-0.39, 0.29) is 32.0 Å². The number of nitrogens with zero attached hydrogens (tertiary/aromatic N) is 1. The lowest BCUT2D eigenvalue weighted by Gasteiger charge is -2.24. The topological polar surface area (TPSA) is 127 Å². The molecule has 366 valence electrons. The maximum atomic E-state index is 12.8. The number of esters is 2. The molecule has 0 heterocycles. The zero-order valence-corrected chi connectivity index (χ0v) is 41.3. The molecule has 2 rings (SSSR count). The van der Waals surface area contributed by atoms with Gasteiger partial charge in [0.05, 0.1) is 41.0 Å². The highest BCUT2D eigenvalue weighted by Gasteiger charge is 2.27. The molecule has 64 heavy (non-hydrogen) atoms. The Morgan fingerprint density at radius 2 is 0.844 bits per heavy atom. The highest BCUT2D eigenvalue weighted by Crippen LogP contribution is 2.43. The number of carbonyl (C=O) groups is 2. The van der Waals surface area contributed by atoms with Crippen molar-refractivity contribution in [2.45, 2.75) is 186 Å². The average Bonchev–Trinajstić information content (AvgIpc) is 3.27. The van der Waals surface area contributed by atoms with Crippen LogP contribution in [0.2, 0.25) is 0 Å². The van der Waals surface area contributed by atoms with Crippen molar-refractivity contribution >= 4 is 19.8 Å². The number of phosphoric acid groups is 1. The number of carbonyl (C=O) groups excluding carboxylic acids is 2. The smallest absolute Gasteiger partial charge is 0.472 e. The predicted octanol–water partition coefficient (Wildman–Crippen LogP) is 13.4. The van der Waals surface area contributed by atoms with E-state index in [2.05, 4.69) is 0 Å². The fourth-order valence-electron chi connectivity index (χ4n) is 7.31. The Bertz CT molecular complexity index is 1440. The third-order valence-electron chi connectivity index (χ3n) is 11.2. The summed E-state index contributed by atoms with van der Waals surface area (Å²) in [6.45, 7) is 1.46. The lowest BCUT2D eigenvalue weighted by Crippen LogP contribution is -2.37. The number of likely N-dealkylation sites (N-methyl/N-ethyl adjacent to an activating group) is 1. The van der Waals surface area contributed by atoms with Crippen molar-refractivity contribution in [1.82, 2.24) is 0 Å². The Labute approximate surface area is 388 Å². The standard InChI is InChI=1S/C52H88NO10P/c1-53(2,3)42-45-61-64(56,57)62-47-50(63-52(55)41-33-23-19-15-11-7-5-9-13-17-21-25-35-44-59-49-38-30-27-31-39-49)46-60-51(54)40-32-22-18-14-10-6-4-8-12-16-20-24-34-43-58-48-36-28-26-29-37-48/h26-31,36-39,50H,4-25,32-35,40-47H2,1-3H3/p+1. The van der Waals surface area contributed by atoms with Gasteiger partial charge in [-0.25, -0.2) is 4.57 Å². The molecule has 0 fully saturated rings. The number of quaternary nitrogens is 1. The summed E-state index contributed by atoms with van der Waals surface area (Å²) in [6.07, 6.45) is 29.7. The van der Waals surface area contributed by atoms with Crippen LogP contribution in [0.15, 0.2) is 60.7 Å². The van der Waals surface area contributed by atoms with Crippen LogP contribution < -0.4 is 9.47 Å². The van der Waals surface area contributed by atoms with Crippen LogP contribution in [0, 0.1) is 0 Å². The van der Waals surface area contributed by atoms with Gasteiger partial charge in [0.25, 0.3) is 0 Å². The molecule has 0 spiro atoms. The van der Waals surface area contributed by atoms with Crippen LogP contribution in [0.4, 0.5) is 0 Å². The van der Waals surface area contributed by atoms with E-state index < -0.39 is 26.5 Å². The molecule has 11 nitrogen and oxygen atoms in total. The van der Waals surface area contributed by atoms with Gasteiger partial charge >= 0.3 is 19.8 Å². The first-order valence-corrected chi connectivity index (χ1v) is 26.6. The molecular weight excluding hydrogens is 830 g/mol. The van der Waals surface area contributed by atoms with E-state index in [9.17, 15) is 19.0 Å². The highest BCUT2D eigenvalue weighted by molar-refractivity contribution is 7.47. The Balaban J connectivity index is 1.49. The van der Waals surface area contributed by atoms with Crippen molar-refractivity contribution in [2.24, 2.45) is 0 Å². The number of phosphoric ester groups is 1. The summed E-state index contributed by atoms with van der Waals surface area (Å²) in [6, 6.07) is 20.0. The molecule has 0 saturated carbocycles. The molecule has 2 atom stereocenters. The number of hydrogen-bond donors (Lipinski definition) is 1. The van der Waals surface area contributed by atoms with Gasteiger partial charge in [0, 0.05) is 12.8 Å². The van der Waals surface area contributed by atoms with Crippen LogP contribution in [0.5, 0.6) is 11.5 Å². The number of hydrogen-bond acceptors (Lipinski definition) is 9. The van der Waals surface area contributed by atoms with E-state index in [0.29, 0.717) is 17.4 Å². The molecule has 0 aromatic heterocycles. The fraction of sp³-hybridized carbons (Fsp3) is 0.731. The van der Waals surface area contributed by atoms with Crippen molar-refractivity contribution in [2.75, 3.05) is 60.7 Å². The van der Waals surface area contributed by atoms with E-state index in [1.807, 2.05) is 81.8 Å². The van der Waals surface area contributed by atoms with Crippen molar-refractivity contribution in [3.63, 3.8) is 0 Å². The highest BCUT2D eigenvalue weighted by atomic mass is 31.2. The lowest BCUT2D eigenvalue weighted by molar-refractivity contribution is -0.870. The van der Waals surface area contributed by atoms with Crippen LogP contribution in [0.25, 0.3) is 0 Å². The minimum absolute atomic E-state index is 0.0245. The maximum Gasteiger partial charge on any atom is 0.472 e. The van der Waals surface area contributed by atoms with Crippen LogP contribution in [-0.2, 0) is 32.7 Å². The minimum Gasteiger partial charge on any atom is -0.494 e. The Morgan fingerprint density at radius 1 is 0.484 bits per heavy atom. The molecule has 0 radical (unpaired) electrons. The van der Waals surface area contributed by atoms with Crippen molar-refractivity contribution in [3.8, 4) is 11.5 Å². The summed E-state index contributed by atoms with van der Waals surface area (Å²) in [5, 5.41) is 0. The van der Waals surface area contributed by atoms with E-state index >= 15 is 0 Å². The van der Waals surface area contributed by atoms with Gasteiger partial charge in [0.1, 0.15) is 31.3 Å². The van der Waals surface area contributed by atoms with Crippen LogP contribution in [0.1, 0.15) is 180 Å². The van der Waals surface area contributed by atoms with Gasteiger partial charge in [-0.2, -0.15) is 0 Å². The molecule has 0 aliphatic heterocycles. The number of ether oxygens (including phenoxy) is 4. The molecule has 2 aromatic rings. The molecule has 0 aliphatic carbocycles. The van der Waals surface area contributed by atoms with Gasteiger partial charge in [-0.05, 0) is 49.9 Å². The van der Waals surface area contributed by atoms with E-state index in [1.54, 1.807) is 0 Å². The molecule has 0 amide bonds. The van der Waals surface area contributed by atoms with Gasteiger partial charge in [-0.3, -0.25) is 18.6 Å². The van der Waals surface area contributed by atoms with Crippen LogP contribution in [-0.4, -0.2) is 88.1 Å². The second-order valence-electron chi connectivity index (χ2n) is 18.4. The minimum atomic E-state index is -4.39. The summed E-state index contributed by atoms with van der Waals surface area (Å²) >= 11 is 0. The number of para-hydroxylation sites is 2. The van der Waals surface area contributed by atoms with Crippen molar-refractivity contribution in [3.05, 3.63) is 60.7 Å². The van der Waals surface area contributed by atoms with Crippen molar-refractivity contribution < 1.29 is 51.5 Å². The molecule has 2 aromatic carbocycles. The third kappa shape index (κ3) is 36.3. The molecule has 1 N–H and O–H groups in total. The summed E-state index contributed by atoms with van der Waals surface area (Å²) in [4.78, 5) is 35.6. The van der Waals surface area contributed by atoms with E-state index in [1.165, 1.54) is 103 Å². The normalized spacial score (nSPS) is 13.0. The largest absolute Gasteiger partial charge is 0.494 e. The van der Waals surface area contributed by atoms with Gasteiger partial charge in [0.15, 0.2) is 6.10 Å². The Hall–Kier alpha value is -2.95. The van der Waals surface area contributed by atoms with E-state index in [4.69, 9.17) is 28.0 Å². The molecule has 0 aliphatic rings. The summed E-state index contributed by atoms with van der Waals surface area (Å²) < 4.78 is 46.0. The first-order valence-electron chi connectivity index (χ1n) is 25.2. The second-order valence-corrected chi connectivity index (χ2v) is 19.9. The van der Waals surface area contributed by atoms with Crippen LogP contribution in [0.3, 0.4) is 0 Å².